The van der Waals surface area contributed by atoms with Crippen molar-refractivity contribution in [1.82, 2.24) is 0 Å². The Bertz CT molecular complexity index is 894. The molecule has 1 aromatic heterocycles. The van der Waals surface area contributed by atoms with Crippen molar-refractivity contribution >= 4 is 46.0 Å². The fourth-order valence-corrected chi connectivity index (χ4v) is 2.39. The maximum Gasteiger partial charge on any atom is 0.221 e. The summed E-state index contributed by atoms with van der Waals surface area (Å²) in [5.74, 6) is -0.0331. The average molecular weight is 333 g/mol. The Labute approximate surface area is 136 Å². The van der Waals surface area contributed by atoms with E-state index < -0.39 is 0 Å². The molecule has 1 N–H and O–H groups in total. The summed E-state index contributed by atoms with van der Waals surface area (Å²) in [6.07, 6.45) is 3.00. The predicted octanol–water partition coefficient (Wildman–Crippen LogP) is 5.34. The Morgan fingerprint density at radius 2 is 1.91 bits per heavy atom. The molecule has 0 amide bonds. The number of benzene rings is 2. The van der Waals surface area contributed by atoms with Crippen LogP contribution in [0.2, 0.25) is 10.0 Å². The smallest absolute Gasteiger partial charge is 0.221 e. The molecule has 22 heavy (non-hydrogen) atoms. The number of hydrogen-bond donors (Lipinski definition) is 1. The number of furan rings is 1. The van der Waals surface area contributed by atoms with Gasteiger partial charge in [-0.05, 0) is 48.0 Å². The van der Waals surface area contributed by atoms with Crippen molar-refractivity contribution in [2.24, 2.45) is 0 Å². The van der Waals surface area contributed by atoms with Gasteiger partial charge < -0.3 is 9.52 Å². The third kappa shape index (κ3) is 3.01. The van der Waals surface area contributed by atoms with Crippen LogP contribution in [0.4, 0.5) is 0 Å². The normalized spacial score (nSPS) is 11.4. The molecule has 0 atom stereocenters. The zero-order valence-electron chi connectivity index (χ0n) is 11.2. The number of ketones is 1. The first-order valence-electron chi connectivity index (χ1n) is 6.43. The van der Waals surface area contributed by atoms with Crippen molar-refractivity contribution in [3.05, 3.63) is 69.9 Å². The van der Waals surface area contributed by atoms with Gasteiger partial charge in [0.05, 0.1) is 5.02 Å². The fourth-order valence-electron chi connectivity index (χ4n) is 2.02. The Morgan fingerprint density at radius 1 is 1.09 bits per heavy atom. The monoisotopic (exact) mass is 332 g/mol. The van der Waals surface area contributed by atoms with Crippen molar-refractivity contribution in [3.63, 3.8) is 0 Å². The molecule has 0 aliphatic rings. The van der Waals surface area contributed by atoms with E-state index in [0.717, 1.165) is 5.39 Å². The molecule has 0 saturated carbocycles. The summed E-state index contributed by atoms with van der Waals surface area (Å²) in [6, 6.07) is 11.5. The largest absolute Gasteiger partial charge is 0.506 e. The molecule has 2 aromatic carbocycles. The standard InChI is InChI=1S/C17H10Cl2O3/c18-12-3-6-16-11(8-12)9-17(22-16)15(21)5-2-10-1-4-14(20)13(19)7-10/h1-9,20H/b5-2+. The third-order valence-corrected chi connectivity index (χ3v) is 3.66. The van der Waals surface area contributed by atoms with Crippen molar-refractivity contribution < 1.29 is 14.3 Å². The van der Waals surface area contributed by atoms with E-state index in [1.54, 1.807) is 42.5 Å². The molecule has 1 heterocycles. The highest BCUT2D eigenvalue weighted by molar-refractivity contribution is 6.32. The predicted molar refractivity (Wildman–Crippen MR) is 87.7 cm³/mol. The lowest BCUT2D eigenvalue weighted by Crippen LogP contribution is -1.90. The summed E-state index contributed by atoms with van der Waals surface area (Å²) in [7, 11) is 0. The minimum absolute atomic E-state index is 0.000643. The van der Waals surface area contributed by atoms with Crippen molar-refractivity contribution in [1.29, 1.82) is 0 Å². The number of aromatic hydroxyl groups is 1. The molecule has 5 heteroatoms. The molecular weight excluding hydrogens is 323 g/mol. The number of phenols is 1. The van der Waals surface area contributed by atoms with E-state index in [9.17, 15) is 9.90 Å². The highest BCUT2D eigenvalue weighted by Gasteiger charge is 2.10. The lowest BCUT2D eigenvalue weighted by atomic mass is 10.1. The SMILES string of the molecule is O=C(/C=C/c1ccc(O)c(Cl)c1)c1cc2cc(Cl)ccc2o1. The van der Waals surface area contributed by atoms with Crippen LogP contribution in [-0.4, -0.2) is 10.9 Å². The summed E-state index contributed by atoms with van der Waals surface area (Å²) >= 11 is 11.7. The highest BCUT2D eigenvalue weighted by Crippen LogP contribution is 2.25. The van der Waals surface area contributed by atoms with Crippen LogP contribution in [0.15, 0.2) is 53.0 Å². The Kier molecular flexibility index (Phi) is 3.92. The van der Waals surface area contributed by atoms with E-state index in [2.05, 4.69) is 0 Å². The van der Waals surface area contributed by atoms with Crippen LogP contribution in [0.25, 0.3) is 17.0 Å². The summed E-state index contributed by atoms with van der Waals surface area (Å²) in [6.45, 7) is 0. The fraction of sp³-hybridized carbons (Fsp3) is 0. The maximum atomic E-state index is 12.1. The van der Waals surface area contributed by atoms with Crippen LogP contribution >= 0.6 is 23.2 Å². The van der Waals surface area contributed by atoms with Gasteiger partial charge in [-0.25, -0.2) is 0 Å². The van der Waals surface area contributed by atoms with Gasteiger partial charge in [-0.3, -0.25) is 4.79 Å². The number of carbonyl (C=O) groups excluding carboxylic acids is 1. The zero-order valence-corrected chi connectivity index (χ0v) is 12.7. The number of allylic oxidation sites excluding steroid dienone is 1. The van der Waals surface area contributed by atoms with E-state index in [1.165, 1.54) is 12.1 Å². The molecule has 0 unspecified atom stereocenters. The van der Waals surface area contributed by atoms with Crippen LogP contribution < -0.4 is 0 Å². The van der Waals surface area contributed by atoms with Crippen LogP contribution in [0.1, 0.15) is 16.1 Å². The minimum atomic E-state index is -0.267. The van der Waals surface area contributed by atoms with Crippen molar-refractivity contribution in [3.8, 4) is 5.75 Å². The molecule has 110 valence electrons. The molecule has 3 nitrogen and oxygen atoms in total. The number of halogens is 2. The molecule has 0 spiro atoms. The average Bonchev–Trinajstić information content (AvgIpc) is 2.91. The van der Waals surface area contributed by atoms with Crippen LogP contribution in [-0.2, 0) is 0 Å². The Morgan fingerprint density at radius 3 is 2.68 bits per heavy atom. The van der Waals surface area contributed by atoms with Gasteiger partial charge >= 0.3 is 0 Å². The molecule has 0 saturated heterocycles. The summed E-state index contributed by atoms with van der Waals surface area (Å²) in [4.78, 5) is 12.1. The first-order valence-corrected chi connectivity index (χ1v) is 7.18. The molecule has 0 radical (unpaired) electrons. The van der Waals surface area contributed by atoms with Crippen molar-refractivity contribution in [2.75, 3.05) is 0 Å². The van der Waals surface area contributed by atoms with E-state index in [4.69, 9.17) is 27.6 Å². The summed E-state index contributed by atoms with van der Waals surface area (Å²) in [5.41, 5.74) is 1.31. The zero-order chi connectivity index (χ0) is 15.7. The van der Waals surface area contributed by atoms with E-state index in [-0.39, 0.29) is 22.3 Å². The topological polar surface area (TPSA) is 50.4 Å². The summed E-state index contributed by atoms with van der Waals surface area (Å²) < 4.78 is 5.49. The molecule has 0 aliphatic heterocycles. The molecule has 3 aromatic rings. The van der Waals surface area contributed by atoms with Crippen LogP contribution in [0.3, 0.4) is 0 Å². The first kappa shape index (κ1) is 14.7. The van der Waals surface area contributed by atoms with E-state index >= 15 is 0 Å². The van der Waals surface area contributed by atoms with Crippen molar-refractivity contribution in [2.45, 2.75) is 0 Å². The second kappa shape index (κ2) is 5.87. The first-order chi connectivity index (χ1) is 10.5. The molecule has 0 bridgehead atoms. The van der Waals surface area contributed by atoms with Gasteiger partial charge in [0, 0.05) is 10.4 Å². The van der Waals surface area contributed by atoms with Gasteiger partial charge in [0.25, 0.3) is 0 Å². The van der Waals surface area contributed by atoms with Gasteiger partial charge in [0.2, 0.25) is 5.78 Å². The van der Waals surface area contributed by atoms with E-state index in [1.807, 2.05) is 0 Å². The Hall–Kier alpha value is -2.23. The second-order valence-corrected chi connectivity index (χ2v) is 5.54. The van der Waals surface area contributed by atoms with Crippen LogP contribution in [0, 0.1) is 0 Å². The van der Waals surface area contributed by atoms with Gasteiger partial charge in [0.1, 0.15) is 11.3 Å². The number of phenolic OH excluding ortho intramolecular Hbond substituents is 1. The number of fused-ring (bicyclic) bond motifs is 1. The number of carbonyl (C=O) groups is 1. The number of rotatable bonds is 3. The molecule has 3 rings (SSSR count). The van der Waals surface area contributed by atoms with E-state index in [0.29, 0.717) is 16.2 Å². The van der Waals surface area contributed by atoms with Gasteiger partial charge in [-0.2, -0.15) is 0 Å². The Balaban J connectivity index is 1.85. The molecule has 0 fully saturated rings. The van der Waals surface area contributed by atoms with Crippen LogP contribution in [0.5, 0.6) is 5.75 Å². The quantitative estimate of drug-likeness (QED) is 0.520. The number of hydrogen-bond acceptors (Lipinski definition) is 3. The molecular formula is C17H10Cl2O3. The lowest BCUT2D eigenvalue weighted by Gasteiger charge is -1.97. The highest BCUT2D eigenvalue weighted by atomic mass is 35.5. The third-order valence-electron chi connectivity index (χ3n) is 3.12. The molecule has 0 aliphatic carbocycles. The summed E-state index contributed by atoms with van der Waals surface area (Å²) in [5, 5.41) is 10.9. The lowest BCUT2D eigenvalue weighted by molar-refractivity contribution is 0.102. The maximum absolute atomic E-state index is 12.1. The van der Waals surface area contributed by atoms with Gasteiger partial charge in [0.15, 0.2) is 5.76 Å². The minimum Gasteiger partial charge on any atom is -0.506 e. The van der Waals surface area contributed by atoms with Gasteiger partial charge in [-0.1, -0.05) is 35.3 Å². The van der Waals surface area contributed by atoms with Gasteiger partial charge in [-0.15, -0.1) is 0 Å². The second-order valence-electron chi connectivity index (χ2n) is 4.70.